The molecule has 4 rings (SSSR count). The van der Waals surface area contributed by atoms with Gasteiger partial charge in [0.1, 0.15) is 11.6 Å². The molecule has 46 heavy (non-hydrogen) atoms. The predicted octanol–water partition coefficient (Wildman–Crippen LogP) is 6.32. The molecule has 12 heteroatoms. The van der Waals surface area contributed by atoms with Crippen molar-refractivity contribution in [3.8, 4) is 11.1 Å². The Morgan fingerprint density at radius 3 is 2.37 bits per heavy atom. The topological polar surface area (TPSA) is 118 Å². The molecular formula is C34H39F3N4O5. The fourth-order valence-electron chi connectivity index (χ4n) is 5.75. The molecule has 0 fully saturated rings. The van der Waals surface area contributed by atoms with Crippen LogP contribution in [0.2, 0.25) is 0 Å². The molecule has 0 radical (unpaired) electrons. The van der Waals surface area contributed by atoms with E-state index in [9.17, 15) is 32.7 Å². The number of aryl methyl sites for hydroxylation is 2. The summed E-state index contributed by atoms with van der Waals surface area (Å²) in [5, 5.41) is 12.7. The Balaban J connectivity index is 1.81. The predicted molar refractivity (Wildman–Crippen MR) is 169 cm³/mol. The smallest absolute Gasteiger partial charge is 0.416 e. The second-order valence-electron chi connectivity index (χ2n) is 12.3. The number of aliphatic carboxylic acids is 1. The van der Waals surface area contributed by atoms with Gasteiger partial charge in [0.15, 0.2) is 12.0 Å². The van der Waals surface area contributed by atoms with Crippen LogP contribution in [0.3, 0.4) is 0 Å². The lowest BCUT2D eigenvalue weighted by atomic mass is 9.91. The Bertz CT molecular complexity index is 1770. The number of nitrogens with one attached hydrogen (secondary N) is 1. The van der Waals surface area contributed by atoms with E-state index < -0.39 is 47.7 Å². The second-order valence-corrected chi connectivity index (χ2v) is 12.3. The molecule has 1 amide bonds. The Kier molecular flexibility index (Phi) is 10.4. The number of carbonyl (C=O) groups is 2. The summed E-state index contributed by atoms with van der Waals surface area (Å²) in [5.41, 5.74) is 2.75. The van der Waals surface area contributed by atoms with Gasteiger partial charge in [0.25, 0.3) is 5.56 Å². The van der Waals surface area contributed by atoms with E-state index in [2.05, 4.69) is 10.3 Å². The van der Waals surface area contributed by atoms with Crippen LogP contribution in [0.25, 0.3) is 22.2 Å². The van der Waals surface area contributed by atoms with Crippen molar-refractivity contribution in [2.75, 3.05) is 20.6 Å². The number of carboxylic acids is 1. The first kappa shape index (κ1) is 34.4. The first-order valence-corrected chi connectivity index (χ1v) is 15.0. The first-order valence-electron chi connectivity index (χ1n) is 15.0. The monoisotopic (exact) mass is 640 g/mol. The number of aromatic nitrogens is 2. The Morgan fingerprint density at radius 1 is 1.11 bits per heavy atom. The van der Waals surface area contributed by atoms with Crippen LogP contribution in [0.5, 0.6) is 0 Å². The Morgan fingerprint density at radius 2 is 1.78 bits per heavy atom. The van der Waals surface area contributed by atoms with E-state index in [1.165, 1.54) is 6.39 Å². The molecule has 9 nitrogen and oxygen atoms in total. The van der Waals surface area contributed by atoms with Gasteiger partial charge in [-0.3, -0.25) is 14.4 Å². The van der Waals surface area contributed by atoms with Gasteiger partial charge in [-0.05, 0) is 86.7 Å². The normalized spacial score (nSPS) is 13.4. The van der Waals surface area contributed by atoms with Crippen LogP contribution in [0.4, 0.5) is 13.2 Å². The fourth-order valence-corrected chi connectivity index (χ4v) is 5.75. The van der Waals surface area contributed by atoms with Crippen molar-refractivity contribution in [2.24, 2.45) is 5.92 Å². The maximum absolute atomic E-state index is 14.0. The molecule has 2 atom stereocenters. The van der Waals surface area contributed by atoms with Crippen molar-refractivity contribution in [1.82, 2.24) is 19.8 Å². The number of likely N-dealkylation sites (N-methyl/N-ethyl adjacent to an activating group) is 1. The standard InChI is InChI=1S/C34H39F3N4O5/c1-19(2)12-28(41-17-22(10-11-40(5)6)25(15-29(41)42)34(35,36)37)33(45)39-26(16-30(43)44)23-13-24(32-27(14-23)38-18-46-32)31-20(3)8-7-9-21(31)4/h7-9,13-15,17-19,26,28H,10-12,16H2,1-6H3,(H,39,45)(H,43,44)/t26-,28-/m1/s1. The van der Waals surface area contributed by atoms with Crippen molar-refractivity contribution in [3.63, 3.8) is 0 Å². The van der Waals surface area contributed by atoms with Gasteiger partial charge in [0, 0.05) is 24.4 Å². The molecule has 2 aromatic carbocycles. The van der Waals surface area contributed by atoms with Crippen LogP contribution < -0.4 is 10.9 Å². The lowest BCUT2D eigenvalue weighted by molar-refractivity contribution is -0.139. The van der Waals surface area contributed by atoms with Crippen LogP contribution in [0.15, 0.2) is 58.2 Å². The summed E-state index contributed by atoms with van der Waals surface area (Å²) in [6, 6.07) is 7.50. The average molecular weight is 641 g/mol. The molecule has 0 aliphatic rings. The summed E-state index contributed by atoms with van der Waals surface area (Å²) in [7, 11) is 3.45. The minimum absolute atomic E-state index is 0.00140. The SMILES string of the molecule is Cc1cccc(C)c1-c1cc([C@@H](CC(=O)O)NC(=O)[C@@H](CC(C)C)n2cc(CCN(C)C)c(C(F)(F)F)cc2=O)cc2ncoc12. The lowest BCUT2D eigenvalue weighted by Crippen LogP contribution is -2.40. The van der Waals surface area contributed by atoms with E-state index in [1.54, 1.807) is 31.1 Å². The zero-order valence-corrected chi connectivity index (χ0v) is 26.7. The molecule has 0 aliphatic heterocycles. The number of pyridine rings is 1. The van der Waals surface area contributed by atoms with Crippen molar-refractivity contribution in [1.29, 1.82) is 0 Å². The number of benzene rings is 2. The van der Waals surface area contributed by atoms with Gasteiger partial charge in [0.05, 0.1) is 18.0 Å². The van der Waals surface area contributed by atoms with Crippen LogP contribution in [-0.4, -0.2) is 52.1 Å². The fraction of sp³-hybridized carbons (Fsp3) is 0.412. The molecule has 0 spiro atoms. The van der Waals surface area contributed by atoms with Crippen LogP contribution in [0, 0.1) is 19.8 Å². The number of nitrogens with zero attached hydrogens (tertiary/aromatic N) is 3. The largest absolute Gasteiger partial charge is 0.481 e. The number of hydrogen-bond acceptors (Lipinski definition) is 6. The molecule has 4 aromatic rings. The van der Waals surface area contributed by atoms with Crippen molar-refractivity contribution < 1.29 is 32.3 Å². The van der Waals surface area contributed by atoms with Crippen molar-refractivity contribution in [3.05, 3.63) is 87.2 Å². The summed E-state index contributed by atoms with van der Waals surface area (Å²) < 4.78 is 48.5. The van der Waals surface area contributed by atoms with Gasteiger partial charge < -0.3 is 24.3 Å². The molecule has 0 unspecified atom stereocenters. The number of fused-ring (bicyclic) bond motifs is 1. The molecule has 0 bridgehead atoms. The van der Waals surface area contributed by atoms with Crippen LogP contribution >= 0.6 is 0 Å². The number of oxazole rings is 1. The molecule has 0 saturated heterocycles. The molecule has 0 saturated carbocycles. The van der Waals surface area contributed by atoms with E-state index in [0.29, 0.717) is 28.3 Å². The quantitative estimate of drug-likeness (QED) is 0.186. The maximum atomic E-state index is 14.0. The molecule has 2 N–H and O–H groups in total. The summed E-state index contributed by atoms with van der Waals surface area (Å²) in [6.45, 7) is 7.83. The summed E-state index contributed by atoms with van der Waals surface area (Å²) in [5.74, 6) is -2.00. The maximum Gasteiger partial charge on any atom is 0.416 e. The molecule has 2 aromatic heterocycles. The number of carbonyl (C=O) groups excluding carboxylic acids is 1. The highest BCUT2D eigenvalue weighted by Gasteiger charge is 2.36. The van der Waals surface area contributed by atoms with Gasteiger partial charge in [-0.1, -0.05) is 32.0 Å². The second kappa shape index (κ2) is 13.9. The molecule has 0 aliphatic carbocycles. The van der Waals surface area contributed by atoms with Gasteiger partial charge in [-0.25, -0.2) is 4.98 Å². The summed E-state index contributed by atoms with van der Waals surface area (Å²) >= 11 is 0. The number of rotatable bonds is 12. The van der Waals surface area contributed by atoms with E-state index in [4.69, 9.17) is 4.42 Å². The van der Waals surface area contributed by atoms with E-state index >= 15 is 0 Å². The van der Waals surface area contributed by atoms with E-state index in [1.807, 2.05) is 45.9 Å². The van der Waals surface area contributed by atoms with Gasteiger partial charge >= 0.3 is 12.1 Å². The number of hydrogen-bond donors (Lipinski definition) is 2. The van der Waals surface area contributed by atoms with Gasteiger partial charge in [0.2, 0.25) is 5.91 Å². The highest BCUT2D eigenvalue weighted by Crippen LogP contribution is 2.37. The first-order chi connectivity index (χ1) is 21.6. The number of alkyl halides is 3. The molecule has 246 valence electrons. The zero-order chi connectivity index (χ0) is 33.9. The lowest BCUT2D eigenvalue weighted by Gasteiger charge is -2.26. The van der Waals surface area contributed by atoms with Gasteiger partial charge in [-0.15, -0.1) is 0 Å². The highest BCUT2D eigenvalue weighted by atomic mass is 19.4. The highest BCUT2D eigenvalue weighted by molar-refractivity contribution is 5.93. The number of halogens is 3. The Hall–Kier alpha value is -4.45. The van der Waals surface area contributed by atoms with Crippen LogP contribution in [-0.2, 0) is 22.2 Å². The zero-order valence-electron chi connectivity index (χ0n) is 26.7. The van der Waals surface area contributed by atoms with Crippen molar-refractivity contribution >= 4 is 23.0 Å². The van der Waals surface area contributed by atoms with E-state index in [0.717, 1.165) is 27.5 Å². The minimum atomic E-state index is -4.75. The summed E-state index contributed by atoms with van der Waals surface area (Å²) in [6.07, 6.45) is -2.71. The third-order valence-corrected chi connectivity index (χ3v) is 7.93. The minimum Gasteiger partial charge on any atom is -0.481 e. The molecular weight excluding hydrogens is 601 g/mol. The van der Waals surface area contributed by atoms with Gasteiger partial charge in [-0.2, -0.15) is 13.2 Å². The third-order valence-electron chi connectivity index (χ3n) is 7.93. The van der Waals surface area contributed by atoms with Crippen molar-refractivity contribution in [2.45, 2.75) is 65.2 Å². The third kappa shape index (κ3) is 7.85. The van der Waals surface area contributed by atoms with E-state index in [-0.39, 0.29) is 30.9 Å². The molecule has 2 heterocycles. The number of amides is 1. The Labute approximate surface area is 265 Å². The summed E-state index contributed by atoms with van der Waals surface area (Å²) in [4.78, 5) is 45.3. The number of carboxylic acid groups (broad SMARTS) is 1. The van der Waals surface area contributed by atoms with Crippen LogP contribution in [0.1, 0.15) is 66.6 Å². The average Bonchev–Trinajstić information content (AvgIpc) is 3.43.